The van der Waals surface area contributed by atoms with Gasteiger partial charge in [0.1, 0.15) is 17.9 Å². The van der Waals surface area contributed by atoms with Gasteiger partial charge in [-0.05, 0) is 42.0 Å². The second kappa shape index (κ2) is 8.87. The number of hydrogen-bond acceptors (Lipinski definition) is 5. The Kier molecular flexibility index (Phi) is 6.07. The first kappa shape index (κ1) is 19.9. The average molecular weight is 408 g/mol. The van der Waals surface area contributed by atoms with Crippen molar-refractivity contribution in [2.75, 3.05) is 5.32 Å². The molecule has 0 heterocycles. The van der Waals surface area contributed by atoms with Gasteiger partial charge in [0, 0.05) is 22.8 Å². The number of anilines is 1. The Balaban J connectivity index is 1.72. The molecule has 29 heavy (non-hydrogen) atoms. The van der Waals surface area contributed by atoms with E-state index in [0.29, 0.717) is 17.0 Å². The number of hydrogen-bond donors (Lipinski definition) is 1. The van der Waals surface area contributed by atoms with Gasteiger partial charge >= 0.3 is 0 Å². The van der Waals surface area contributed by atoms with Crippen LogP contribution in [0.15, 0.2) is 66.7 Å². The van der Waals surface area contributed by atoms with E-state index >= 15 is 0 Å². The lowest BCUT2D eigenvalue weighted by Crippen LogP contribution is -2.14. The minimum atomic E-state index is -0.657. The van der Waals surface area contributed by atoms with Crippen molar-refractivity contribution in [2.24, 2.45) is 0 Å². The van der Waals surface area contributed by atoms with Crippen molar-refractivity contribution in [3.05, 3.63) is 98.6 Å². The first-order chi connectivity index (χ1) is 14.0. The Labute approximate surface area is 171 Å². The average Bonchev–Trinajstić information content (AvgIpc) is 2.72. The molecular formula is C21H14ClN3O4. The van der Waals surface area contributed by atoms with Gasteiger partial charge in [0.25, 0.3) is 11.6 Å². The number of benzene rings is 3. The predicted molar refractivity (Wildman–Crippen MR) is 108 cm³/mol. The number of carbonyl (C=O) groups excluding carboxylic acids is 1. The van der Waals surface area contributed by atoms with E-state index in [1.54, 1.807) is 42.5 Å². The van der Waals surface area contributed by atoms with E-state index in [1.165, 1.54) is 12.1 Å². The number of rotatable bonds is 6. The third-order valence-electron chi connectivity index (χ3n) is 3.95. The van der Waals surface area contributed by atoms with E-state index in [-0.39, 0.29) is 22.9 Å². The summed E-state index contributed by atoms with van der Waals surface area (Å²) in [5.74, 6) is -0.136. The van der Waals surface area contributed by atoms with Crippen LogP contribution in [0, 0.1) is 21.4 Å². The van der Waals surface area contributed by atoms with Gasteiger partial charge in [-0.15, -0.1) is 0 Å². The monoisotopic (exact) mass is 407 g/mol. The number of ether oxygens (including phenoxy) is 1. The van der Waals surface area contributed by atoms with E-state index in [2.05, 4.69) is 11.4 Å². The molecule has 3 aromatic rings. The largest absolute Gasteiger partial charge is 0.489 e. The first-order valence-electron chi connectivity index (χ1n) is 8.43. The van der Waals surface area contributed by atoms with E-state index < -0.39 is 10.8 Å². The van der Waals surface area contributed by atoms with Gasteiger partial charge in [0.2, 0.25) is 0 Å². The second-order valence-electron chi connectivity index (χ2n) is 6.00. The number of nitrogens with zero attached hydrogens (tertiary/aromatic N) is 2. The highest BCUT2D eigenvalue weighted by Crippen LogP contribution is 2.25. The zero-order valence-corrected chi connectivity index (χ0v) is 15.7. The minimum absolute atomic E-state index is 0.0981. The molecule has 0 radical (unpaired) electrons. The molecule has 7 nitrogen and oxygen atoms in total. The van der Waals surface area contributed by atoms with E-state index in [0.717, 1.165) is 11.6 Å². The van der Waals surface area contributed by atoms with Crippen LogP contribution in [0.4, 0.5) is 11.4 Å². The van der Waals surface area contributed by atoms with Gasteiger partial charge in [-0.3, -0.25) is 14.9 Å². The van der Waals surface area contributed by atoms with Crippen LogP contribution in [-0.2, 0) is 6.61 Å². The molecule has 3 aromatic carbocycles. The Bertz CT molecular complexity index is 1120. The van der Waals surface area contributed by atoms with Crippen LogP contribution in [0.3, 0.4) is 0 Å². The van der Waals surface area contributed by atoms with Crippen molar-refractivity contribution in [3.8, 4) is 11.8 Å². The zero-order valence-electron chi connectivity index (χ0n) is 15.0. The molecule has 0 fully saturated rings. The van der Waals surface area contributed by atoms with Crippen molar-refractivity contribution < 1.29 is 14.5 Å². The van der Waals surface area contributed by atoms with Crippen molar-refractivity contribution in [1.29, 1.82) is 5.26 Å². The summed E-state index contributed by atoms with van der Waals surface area (Å²) in [6.45, 7) is 0.246. The molecule has 0 aliphatic rings. The lowest BCUT2D eigenvalue weighted by Gasteiger charge is -2.10. The molecular weight excluding hydrogens is 394 g/mol. The van der Waals surface area contributed by atoms with Gasteiger partial charge in [-0.25, -0.2) is 0 Å². The topological polar surface area (TPSA) is 105 Å². The third kappa shape index (κ3) is 5.09. The predicted octanol–water partition coefficient (Wildman–Crippen LogP) is 4.95. The molecule has 0 atom stereocenters. The highest BCUT2D eigenvalue weighted by molar-refractivity contribution is 6.31. The quantitative estimate of drug-likeness (QED) is 0.459. The molecule has 0 unspecified atom stereocenters. The summed E-state index contributed by atoms with van der Waals surface area (Å²) < 4.78 is 5.71. The maximum atomic E-state index is 12.5. The summed E-state index contributed by atoms with van der Waals surface area (Å²) in [4.78, 5) is 23.0. The van der Waals surface area contributed by atoms with Gasteiger partial charge < -0.3 is 10.1 Å². The molecule has 0 aromatic heterocycles. The number of nitrogens with one attached hydrogen (secondary N) is 1. The highest BCUT2D eigenvalue weighted by Gasteiger charge is 2.20. The SMILES string of the molecule is N#Cc1cccc(COc2cccc(NC(=O)c3ccc(Cl)cc3[N+](=O)[O-])c2)c1. The van der Waals surface area contributed by atoms with Gasteiger partial charge in [0.15, 0.2) is 0 Å². The molecule has 3 rings (SSSR count). The fraction of sp³-hybridized carbons (Fsp3) is 0.0476. The lowest BCUT2D eigenvalue weighted by atomic mass is 10.1. The molecule has 0 aliphatic carbocycles. The number of halogens is 1. The molecule has 0 aliphatic heterocycles. The molecule has 0 spiro atoms. The first-order valence-corrected chi connectivity index (χ1v) is 8.81. The number of nitro benzene ring substituents is 1. The Hall–Kier alpha value is -3.89. The summed E-state index contributed by atoms with van der Waals surface area (Å²) in [5.41, 5.74) is 1.31. The number of carbonyl (C=O) groups is 1. The molecule has 8 heteroatoms. The highest BCUT2D eigenvalue weighted by atomic mass is 35.5. The van der Waals surface area contributed by atoms with Crippen LogP contribution in [0.2, 0.25) is 5.02 Å². The van der Waals surface area contributed by atoms with Crippen LogP contribution in [0.1, 0.15) is 21.5 Å². The number of amides is 1. The molecule has 144 valence electrons. The van der Waals surface area contributed by atoms with Gasteiger partial charge in [0.05, 0.1) is 16.6 Å². The molecule has 1 N–H and O–H groups in total. The molecule has 0 saturated carbocycles. The molecule has 0 bridgehead atoms. The Morgan fingerprint density at radius 3 is 2.69 bits per heavy atom. The van der Waals surface area contributed by atoms with E-state index in [4.69, 9.17) is 21.6 Å². The number of nitriles is 1. The minimum Gasteiger partial charge on any atom is -0.489 e. The van der Waals surface area contributed by atoms with Crippen LogP contribution < -0.4 is 10.1 Å². The van der Waals surface area contributed by atoms with Crippen molar-refractivity contribution >= 4 is 28.9 Å². The van der Waals surface area contributed by atoms with Crippen LogP contribution in [-0.4, -0.2) is 10.8 Å². The fourth-order valence-electron chi connectivity index (χ4n) is 2.61. The summed E-state index contributed by atoms with van der Waals surface area (Å²) in [6, 6.07) is 19.6. The summed E-state index contributed by atoms with van der Waals surface area (Å²) in [7, 11) is 0. The van der Waals surface area contributed by atoms with Crippen molar-refractivity contribution in [1.82, 2.24) is 0 Å². The summed E-state index contributed by atoms with van der Waals surface area (Å²) >= 11 is 5.78. The van der Waals surface area contributed by atoms with Crippen molar-refractivity contribution in [2.45, 2.75) is 6.61 Å². The maximum absolute atomic E-state index is 12.5. The normalized spacial score (nSPS) is 10.1. The Morgan fingerprint density at radius 1 is 1.14 bits per heavy atom. The van der Waals surface area contributed by atoms with Gasteiger partial charge in [-0.1, -0.05) is 29.8 Å². The van der Waals surface area contributed by atoms with Gasteiger partial charge in [-0.2, -0.15) is 5.26 Å². The smallest absolute Gasteiger partial charge is 0.283 e. The Morgan fingerprint density at radius 2 is 1.93 bits per heavy atom. The number of nitro groups is 1. The maximum Gasteiger partial charge on any atom is 0.283 e. The van der Waals surface area contributed by atoms with Crippen LogP contribution in [0.25, 0.3) is 0 Å². The van der Waals surface area contributed by atoms with Crippen LogP contribution in [0.5, 0.6) is 5.75 Å². The standard InChI is InChI=1S/C21H14ClN3O4/c22-16-7-8-19(20(10-16)25(27)28)21(26)24-17-5-2-6-18(11-17)29-13-15-4-1-3-14(9-15)12-23/h1-11H,13H2,(H,24,26). The third-order valence-corrected chi connectivity index (χ3v) is 4.19. The van der Waals surface area contributed by atoms with E-state index in [1.807, 2.05) is 6.07 Å². The molecule has 0 saturated heterocycles. The molecule has 1 amide bonds. The lowest BCUT2D eigenvalue weighted by molar-refractivity contribution is -0.385. The second-order valence-corrected chi connectivity index (χ2v) is 6.44. The zero-order chi connectivity index (χ0) is 20.8. The van der Waals surface area contributed by atoms with Crippen LogP contribution >= 0.6 is 11.6 Å². The summed E-state index contributed by atoms with van der Waals surface area (Å²) in [6.07, 6.45) is 0. The fourth-order valence-corrected chi connectivity index (χ4v) is 2.77. The van der Waals surface area contributed by atoms with Crippen molar-refractivity contribution in [3.63, 3.8) is 0 Å². The summed E-state index contributed by atoms with van der Waals surface area (Å²) in [5, 5.41) is 22.9. The van der Waals surface area contributed by atoms with E-state index in [9.17, 15) is 14.9 Å².